The Kier molecular flexibility index (Phi) is 8.33. The van der Waals surface area contributed by atoms with Gasteiger partial charge in [0.2, 0.25) is 5.91 Å². The molecule has 0 radical (unpaired) electrons. The highest BCUT2D eigenvalue weighted by atomic mass is 32.2. The molecule has 3 rings (SSSR count). The molecule has 2 aromatic carbocycles. The number of ether oxygens (including phenoxy) is 1. The number of carboxylic acid groups (broad SMARTS) is 1. The molecule has 0 saturated heterocycles. The number of nitrogens with zero attached hydrogens (tertiary/aromatic N) is 3. The third-order valence-corrected chi connectivity index (χ3v) is 6.08. The van der Waals surface area contributed by atoms with Crippen LogP contribution in [0.2, 0.25) is 0 Å². The molecular weight excluding hydrogens is 452 g/mol. The highest BCUT2D eigenvalue weighted by Crippen LogP contribution is 2.31. The molecule has 1 aromatic heterocycles. The number of amides is 1. The van der Waals surface area contributed by atoms with Crippen molar-refractivity contribution in [1.29, 1.82) is 0 Å². The summed E-state index contributed by atoms with van der Waals surface area (Å²) in [5.41, 5.74) is 1.67. The number of carbonyl (C=O) groups is 2. The molecule has 1 amide bonds. The lowest BCUT2D eigenvalue weighted by molar-refractivity contribution is -0.113. The van der Waals surface area contributed by atoms with Gasteiger partial charge in [0.05, 0.1) is 11.3 Å². The van der Waals surface area contributed by atoms with E-state index < -0.39 is 5.97 Å². The van der Waals surface area contributed by atoms with Crippen LogP contribution in [0.25, 0.3) is 0 Å². The molecule has 9 heteroatoms. The molecule has 0 aliphatic rings. The number of hydrogen-bond acceptors (Lipinski definition) is 6. The third kappa shape index (κ3) is 6.17. The van der Waals surface area contributed by atoms with E-state index in [0.29, 0.717) is 22.6 Å². The van der Waals surface area contributed by atoms with Gasteiger partial charge in [-0.3, -0.25) is 4.79 Å². The quantitative estimate of drug-likeness (QED) is 0.365. The normalized spacial score (nSPS) is 12.1. The van der Waals surface area contributed by atoms with Crippen LogP contribution in [-0.4, -0.2) is 37.5 Å². The lowest BCUT2D eigenvalue weighted by Crippen LogP contribution is -2.17. The molecule has 1 unspecified atom stereocenters. The molecule has 0 saturated carbocycles. The Morgan fingerprint density at radius 3 is 2.47 bits per heavy atom. The van der Waals surface area contributed by atoms with Gasteiger partial charge in [0, 0.05) is 11.7 Å². The molecular formula is C25H30N4O4S. The van der Waals surface area contributed by atoms with Crippen molar-refractivity contribution in [1.82, 2.24) is 14.8 Å². The Morgan fingerprint density at radius 1 is 1.06 bits per heavy atom. The number of carboxylic acids is 1. The summed E-state index contributed by atoms with van der Waals surface area (Å²) in [4.78, 5) is 23.6. The number of aromatic carboxylic acids is 1. The average Bonchev–Trinajstić information content (AvgIpc) is 3.22. The molecule has 8 nitrogen and oxygen atoms in total. The molecule has 1 atom stereocenters. The molecule has 34 heavy (non-hydrogen) atoms. The lowest BCUT2D eigenvalue weighted by Gasteiger charge is -2.21. The number of benzene rings is 2. The summed E-state index contributed by atoms with van der Waals surface area (Å²) < 4.78 is 8.25. The van der Waals surface area contributed by atoms with Crippen LogP contribution < -0.4 is 10.1 Å². The van der Waals surface area contributed by atoms with E-state index in [1.165, 1.54) is 23.9 Å². The first kappa shape index (κ1) is 25.3. The standard InChI is InChI=1S/C25H30N4O4S/c1-15(2)20-11-6-7-12-21(20)33-17(5)23-27-28-25(29(23)16(3)4)34-14-22(30)26-19-10-8-9-18(13-19)24(31)32/h6-13,15-17H,14H2,1-5H3,(H,26,30)(H,31,32). The van der Waals surface area contributed by atoms with Gasteiger partial charge in [-0.1, -0.05) is 49.9 Å². The monoisotopic (exact) mass is 482 g/mol. The molecule has 0 aliphatic heterocycles. The topological polar surface area (TPSA) is 106 Å². The number of carbonyl (C=O) groups excluding carboxylic acids is 1. The Morgan fingerprint density at radius 2 is 1.79 bits per heavy atom. The molecule has 0 aliphatic carbocycles. The fraction of sp³-hybridized carbons (Fsp3) is 0.360. The van der Waals surface area contributed by atoms with E-state index in [-0.39, 0.29) is 29.4 Å². The van der Waals surface area contributed by atoms with Crippen molar-refractivity contribution in [2.75, 3.05) is 11.1 Å². The van der Waals surface area contributed by atoms with Gasteiger partial charge < -0.3 is 19.7 Å². The Hall–Kier alpha value is -3.33. The minimum atomic E-state index is -1.05. The largest absolute Gasteiger partial charge is 0.482 e. The van der Waals surface area contributed by atoms with Crippen LogP contribution in [0.3, 0.4) is 0 Å². The van der Waals surface area contributed by atoms with Gasteiger partial charge in [0.25, 0.3) is 0 Å². The summed E-state index contributed by atoms with van der Waals surface area (Å²) in [5, 5.41) is 21.1. The van der Waals surface area contributed by atoms with Crippen molar-refractivity contribution in [2.45, 2.75) is 57.8 Å². The maximum atomic E-state index is 12.5. The SMILES string of the molecule is CC(C)c1ccccc1OC(C)c1nnc(SCC(=O)Nc2cccc(C(=O)O)c2)n1C(C)C. The van der Waals surface area contributed by atoms with Gasteiger partial charge in [-0.25, -0.2) is 4.79 Å². The van der Waals surface area contributed by atoms with Crippen LogP contribution in [0, 0.1) is 0 Å². The second kappa shape index (κ2) is 11.2. The fourth-order valence-corrected chi connectivity index (χ4v) is 4.39. The molecule has 180 valence electrons. The van der Waals surface area contributed by atoms with Gasteiger partial charge in [-0.15, -0.1) is 10.2 Å². The van der Waals surface area contributed by atoms with Gasteiger partial charge >= 0.3 is 5.97 Å². The molecule has 3 aromatic rings. The number of thioether (sulfide) groups is 1. The highest BCUT2D eigenvalue weighted by Gasteiger charge is 2.23. The van der Waals surface area contributed by atoms with Crippen LogP contribution in [0.1, 0.15) is 74.4 Å². The number of rotatable bonds is 10. The summed E-state index contributed by atoms with van der Waals surface area (Å²) in [6, 6.07) is 14.2. The minimum Gasteiger partial charge on any atom is -0.482 e. The van der Waals surface area contributed by atoms with Crippen molar-refractivity contribution in [3.63, 3.8) is 0 Å². The zero-order valence-electron chi connectivity index (χ0n) is 20.0. The van der Waals surface area contributed by atoms with Crippen molar-refractivity contribution >= 4 is 29.3 Å². The fourth-order valence-electron chi connectivity index (χ4n) is 3.51. The summed E-state index contributed by atoms with van der Waals surface area (Å²) >= 11 is 1.27. The second-order valence-corrected chi connectivity index (χ2v) is 9.42. The zero-order chi connectivity index (χ0) is 24.8. The van der Waals surface area contributed by atoms with Crippen LogP contribution in [0.5, 0.6) is 5.75 Å². The van der Waals surface area contributed by atoms with Crippen molar-refractivity contribution < 1.29 is 19.4 Å². The maximum Gasteiger partial charge on any atom is 0.335 e. The van der Waals surface area contributed by atoms with Crippen molar-refractivity contribution in [3.05, 3.63) is 65.5 Å². The summed E-state index contributed by atoms with van der Waals surface area (Å²) in [5.74, 6) is 0.629. The van der Waals surface area contributed by atoms with Crippen LogP contribution in [-0.2, 0) is 4.79 Å². The second-order valence-electron chi connectivity index (χ2n) is 8.48. The van der Waals surface area contributed by atoms with E-state index >= 15 is 0 Å². The van der Waals surface area contributed by atoms with Crippen molar-refractivity contribution in [3.8, 4) is 5.75 Å². The van der Waals surface area contributed by atoms with E-state index in [1.54, 1.807) is 12.1 Å². The zero-order valence-corrected chi connectivity index (χ0v) is 20.8. The van der Waals surface area contributed by atoms with Gasteiger partial charge in [0.1, 0.15) is 5.75 Å². The van der Waals surface area contributed by atoms with Crippen LogP contribution in [0.15, 0.2) is 53.7 Å². The predicted octanol–water partition coefficient (Wildman–Crippen LogP) is 5.55. The first-order chi connectivity index (χ1) is 16.2. The highest BCUT2D eigenvalue weighted by molar-refractivity contribution is 7.99. The predicted molar refractivity (Wildman–Crippen MR) is 133 cm³/mol. The maximum absolute atomic E-state index is 12.5. The third-order valence-electron chi connectivity index (χ3n) is 5.14. The number of para-hydroxylation sites is 1. The van der Waals surface area contributed by atoms with E-state index in [4.69, 9.17) is 9.84 Å². The molecule has 2 N–H and O–H groups in total. The van der Waals surface area contributed by atoms with E-state index in [0.717, 1.165) is 11.3 Å². The van der Waals surface area contributed by atoms with Gasteiger partial charge in [0.15, 0.2) is 17.1 Å². The van der Waals surface area contributed by atoms with Gasteiger partial charge in [-0.05, 0) is 56.5 Å². The molecule has 0 bridgehead atoms. The van der Waals surface area contributed by atoms with E-state index in [9.17, 15) is 9.59 Å². The number of anilines is 1. The molecule has 0 spiro atoms. The molecule has 1 heterocycles. The number of aromatic nitrogens is 3. The first-order valence-electron chi connectivity index (χ1n) is 11.1. The Bertz CT molecular complexity index is 1160. The number of hydrogen-bond donors (Lipinski definition) is 2. The minimum absolute atomic E-state index is 0.0641. The average molecular weight is 483 g/mol. The Balaban J connectivity index is 1.71. The summed E-state index contributed by atoms with van der Waals surface area (Å²) in [7, 11) is 0. The first-order valence-corrected chi connectivity index (χ1v) is 12.1. The van der Waals surface area contributed by atoms with E-state index in [2.05, 4.69) is 35.4 Å². The molecule has 0 fully saturated rings. The van der Waals surface area contributed by atoms with Gasteiger partial charge in [-0.2, -0.15) is 0 Å². The van der Waals surface area contributed by atoms with Crippen molar-refractivity contribution in [2.24, 2.45) is 0 Å². The van der Waals surface area contributed by atoms with Crippen LogP contribution >= 0.6 is 11.8 Å². The van der Waals surface area contributed by atoms with Crippen LogP contribution in [0.4, 0.5) is 5.69 Å². The lowest BCUT2D eigenvalue weighted by atomic mass is 10.0. The summed E-state index contributed by atoms with van der Waals surface area (Å²) in [6.07, 6.45) is -0.336. The van der Waals surface area contributed by atoms with E-state index in [1.807, 2.05) is 43.5 Å². The summed E-state index contributed by atoms with van der Waals surface area (Å²) in [6.45, 7) is 10.3. The number of nitrogens with one attached hydrogen (secondary N) is 1. The Labute approximate surface area is 203 Å². The smallest absolute Gasteiger partial charge is 0.335 e.